The van der Waals surface area contributed by atoms with Crippen molar-refractivity contribution in [2.75, 3.05) is 18.1 Å². The Kier molecular flexibility index (Phi) is 4.73. The maximum atomic E-state index is 5.59. The van der Waals surface area contributed by atoms with Crippen molar-refractivity contribution in [1.82, 2.24) is 0 Å². The molecule has 1 atom stereocenters. The first-order chi connectivity index (χ1) is 7.88. The lowest BCUT2D eigenvalue weighted by molar-refractivity contribution is 0.521. The fraction of sp³-hybridized carbons (Fsp3) is 0.571. The Morgan fingerprint density at radius 2 is 2.19 bits per heavy atom. The summed E-state index contributed by atoms with van der Waals surface area (Å²) < 4.78 is 0. The van der Waals surface area contributed by atoms with Crippen LogP contribution < -0.4 is 5.73 Å². The van der Waals surface area contributed by atoms with Crippen molar-refractivity contribution in [3.8, 4) is 0 Å². The SMILES string of the molecule is NCCc1cccc(CC2CCCSC2)c1. The molecule has 2 heteroatoms. The third-order valence-corrected chi connectivity index (χ3v) is 4.49. The average Bonchev–Trinajstić information content (AvgIpc) is 2.31. The summed E-state index contributed by atoms with van der Waals surface area (Å²) >= 11 is 2.12. The minimum absolute atomic E-state index is 0.753. The zero-order valence-electron chi connectivity index (χ0n) is 9.82. The van der Waals surface area contributed by atoms with Crippen molar-refractivity contribution in [3.63, 3.8) is 0 Å². The number of nitrogens with two attached hydrogens (primary N) is 1. The molecule has 1 aliphatic heterocycles. The number of rotatable bonds is 4. The maximum absolute atomic E-state index is 5.59. The van der Waals surface area contributed by atoms with Crippen LogP contribution in [0.15, 0.2) is 24.3 Å². The van der Waals surface area contributed by atoms with Gasteiger partial charge in [0.15, 0.2) is 0 Å². The minimum atomic E-state index is 0.753. The topological polar surface area (TPSA) is 26.0 Å². The van der Waals surface area contributed by atoms with E-state index >= 15 is 0 Å². The first-order valence-corrected chi connectivity index (χ1v) is 7.39. The van der Waals surface area contributed by atoms with E-state index in [4.69, 9.17) is 5.73 Å². The van der Waals surface area contributed by atoms with Crippen LogP contribution in [0.2, 0.25) is 0 Å². The molecule has 0 amide bonds. The van der Waals surface area contributed by atoms with Crippen molar-refractivity contribution in [1.29, 1.82) is 0 Å². The van der Waals surface area contributed by atoms with Crippen LogP contribution in [-0.4, -0.2) is 18.1 Å². The molecule has 1 saturated heterocycles. The number of hydrogen-bond donors (Lipinski definition) is 1. The van der Waals surface area contributed by atoms with Gasteiger partial charge >= 0.3 is 0 Å². The van der Waals surface area contributed by atoms with E-state index < -0.39 is 0 Å². The molecule has 1 aromatic rings. The lowest BCUT2D eigenvalue weighted by Crippen LogP contribution is -2.13. The van der Waals surface area contributed by atoms with Crippen molar-refractivity contribution in [3.05, 3.63) is 35.4 Å². The minimum Gasteiger partial charge on any atom is -0.330 e. The Hall–Kier alpha value is -0.470. The summed E-state index contributed by atoms with van der Waals surface area (Å²) in [6, 6.07) is 8.97. The second-order valence-corrected chi connectivity index (χ2v) is 5.80. The molecule has 2 N–H and O–H groups in total. The van der Waals surface area contributed by atoms with Gasteiger partial charge in [-0.2, -0.15) is 11.8 Å². The number of hydrogen-bond acceptors (Lipinski definition) is 2. The Morgan fingerprint density at radius 1 is 1.31 bits per heavy atom. The van der Waals surface area contributed by atoms with Gasteiger partial charge in [0.05, 0.1) is 0 Å². The van der Waals surface area contributed by atoms with Crippen LogP contribution in [0.25, 0.3) is 0 Å². The zero-order valence-corrected chi connectivity index (χ0v) is 10.6. The van der Waals surface area contributed by atoms with E-state index in [1.807, 2.05) is 0 Å². The van der Waals surface area contributed by atoms with Gasteiger partial charge in [-0.3, -0.25) is 0 Å². The van der Waals surface area contributed by atoms with Gasteiger partial charge in [0.1, 0.15) is 0 Å². The number of thioether (sulfide) groups is 1. The van der Waals surface area contributed by atoms with Crippen molar-refractivity contribution in [2.45, 2.75) is 25.7 Å². The summed E-state index contributed by atoms with van der Waals surface area (Å²) in [5.41, 5.74) is 8.48. The zero-order chi connectivity index (χ0) is 11.2. The summed E-state index contributed by atoms with van der Waals surface area (Å²) in [5.74, 6) is 3.61. The van der Waals surface area contributed by atoms with E-state index in [-0.39, 0.29) is 0 Å². The number of benzene rings is 1. The highest BCUT2D eigenvalue weighted by Gasteiger charge is 2.14. The molecule has 0 aliphatic carbocycles. The van der Waals surface area contributed by atoms with E-state index in [1.54, 1.807) is 0 Å². The molecule has 1 aliphatic rings. The van der Waals surface area contributed by atoms with Crippen molar-refractivity contribution < 1.29 is 0 Å². The van der Waals surface area contributed by atoms with Crippen LogP contribution in [-0.2, 0) is 12.8 Å². The lowest BCUT2D eigenvalue weighted by atomic mass is 9.95. The van der Waals surface area contributed by atoms with Crippen LogP contribution in [0, 0.1) is 5.92 Å². The van der Waals surface area contributed by atoms with Crippen LogP contribution >= 0.6 is 11.8 Å². The first kappa shape index (κ1) is 12.0. The summed E-state index contributed by atoms with van der Waals surface area (Å²) in [4.78, 5) is 0. The molecule has 1 nitrogen and oxygen atoms in total. The molecule has 1 heterocycles. The predicted molar refractivity (Wildman–Crippen MR) is 73.0 cm³/mol. The smallest absolute Gasteiger partial charge is 0.00360 e. The maximum Gasteiger partial charge on any atom is -0.00360 e. The van der Waals surface area contributed by atoms with Gasteiger partial charge in [0.25, 0.3) is 0 Å². The standard InChI is InChI=1S/C14H21NS/c15-7-6-12-3-1-4-13(9-12)10-14-5-2-8-16-11-14/h1,3-4,9,14H,2,5-8,10-11,15H2. The van der Waals surface area contributed by atoms with E-state index in [0.717, 1.165) is 18.9 Å². The molecule has 1 aromatic carbocycles. The van der Waals surface area contributed by atoms with Crippen molar-refractivity contribution in [2.24, 2.45) is 11.7 Å². The van der Waals surface area contributed by atoms with E-state index in [0.29, 0.717) is 0 Å². The summed E-state index contributed by atoms with van der Waals surface area (Å²) in [6.45, 7) is 0.753. The Balaban J connectivity index is 1.94. The van der Waals surface area contributed by atoms with Crippen LogP contribution in [0.1, 0.15) is 24.0 Å². The Labute approximate surface area is 103 Å². The molecular weight excluding hydrogens is 214 g/mol. The van der Waals surface area contributed by atoms with E-state index in [1.165, 1.54) is 41.9 Å². The molecular formula is C14H21NS. The first-order valence-electron chi connectivity index (χ1n) is 6.24. The summed E-state index contributed by atoms with van der Waals surface area (Å²) in [5, 5.41) is 0. The quantitative estimate of drug-likeness (QED) is 0.868. The molecule has 0 aromatic heterocycles. The molecule has 0 radical (unpaired) electrons. The summed E-state index contributed by atoms with van der Waals surface area (Å²) in [6.07, 6.45) is 5.07. The van der Waals surface area contributed by atoms with Crippen LogP contribution in [0.3, 0.4) is 0 Å². The molecule has 0 bridgehead atoms. The fourth-order valence-electron chi connectivity index (χ4n) is 2.38. The monoisotopic (exact) mass is 235 g/mol. The van der Waals surface area contributed by atoms with Gasteiger partial charge in [-0.15, -0.1) is 0 Å². The van der Waals surface area contributed by atoms with Gasteiger partial charge in [-0.25, -0.2) is 0 Å². The van der Waals surface area contributed by atoms with Gasteiger partial charge in [-0.05, 0) is 60.8 Å². The molecule has 2 rings (SSSR count). The average molecular weight is 235 g/mol. The summed E-state index contributed by atoms with van der Waals surface area (Å²) in [7, 11) is 0. The molecule has 0 saturated carbocycles. The molecule has 1 unspecified atom stereocenters. The molecule has 0 spiro atoms. The Bertz CT molecular complexity index is 318. The molecule has 1 fully saturated rings. The lowest BCUT2D eigenvalue weighted by Gasteiger charge is -2.21. The second-order valence-electron chi connectivity index (χ2n) is 4.65. The normalized spacial score (nSPS) is 20.9. The Morgan fingerprint density at radius 3 is 2.94 bits per heavy atom. The van der Waals surface area contributed by atoms with E-state index in [9.17, 15) is 0 Å². The second kappa shape index (κ2) is 6.31. The highest BCUT2D eigenvalue weighted by atomic mass is 32.2. The van der Waals surface area contributed by atoms with Gasteiger partial charge in [-0.1, -0.05) is 24.3 Å². The predicted octanol–water partition coefficient (Wildman–Crippen LogP) is 2.87. The fourth-order valence-corrected chi connectivity index (χ4v) is 3.54. The van der Waals surface area contributed by atoms with Gasteiger partial charge in [0.2, 0.25) is 0 Å². The van der Waals surface area contributed by atoms with E-state index in [2.05, 4.69) is 36.0 Å². The highest BCUT2D eigenvalue weighted by molar-refractivity contribution is 7.99. The molecule has 16 heavy (non-hydrogen) atoms. The molecule has 88 valence electrons. The van der Waals surface area contributed by atoms with Gasteiger partial charge < -0.3 is 5.73 Å². The van der Waals surface area contributed by atoms with Crippen molar-refractivity contribution >= 4 is 11.8 Å². The van der Waals surface area contributed by atoms with Gasteiger partial charge in [0, 0.05) is 0 Å². The van der Waals surface area contributed by atoms with Crippen LogP contribution in [0.5, 0.6) is 0 Å². The largest absolute Gasteiger partial charge is 0.330 e. The highest BCUT2D eigenvalue weighted by Crippen LogP contribution is 2.25. The third kappa shape index (κ3) is 3.53. The third-order valence-electron chi connectivity index (χ3n) is 3.20. The van der Waals surface area contributed by atoms with Crippen LogP contribution in [0.4, 0.5) is 0 Å².